The Labute approximate surface area is 75.1 Å². The van der Waals surface area contributed by atoms with Gasteiger partial charge in [0.1, 0.15) is 0 Å². The molecule has 1 unspecified atom stereocenters. The van der Waals surface area contributed by atoms with Crippen LogP contribution in [0.25, 0.3) is 0 Å². The van der Waals surface area contributed by atoms with E-state index in [1.165, 1.54) is 24.3 Å². The van der Waals surface area contributed by atoms with E-state index in [-0.39, 0.29) is 0 Å². The Bertz CT molecular complexity index is 83.6. The summed E-state index contributed by atoms with van der Waals surface area (Å²) in [4.78, 5) is 0. The Morgan fingerprint density at radius 1 is 1.36 bits per heavy atom. The zero-order valence-electron chi connectivity index (χ0n) is 7.97. The van der Waals surface area contributed by atoms with E-state index < -0.39 is 0 Å². The fourth-order valence-electron chi connectivity index (χ4n) is 0.899. The zero-order valence-corrected chi connectivity index (χ0v) is 8.79. The lowest BCUT2D eigenvalue weighted by Crippen LogP contribution is -2.26. The number of thioether (sulfide) groups is 1. The van der Waals surface area contributed by atoms with Crippen LogP contribution in [0.3, 0.4) is 0 Å². The average molecular weight is 175 g/mol. The van der Waals surface area contributed by atoms with E-state index in [0.717, 1.165) is 0 Å². The molecule has 0 bridgehead atoms. The summed E-state index contributed by atoms with van der Waals surface area (Å²) in [6, 6.07) is 0.410. The predicted molar refractivity (Wildman–Crippen MR) is 55.0 cm³/mol. The zero-order chi connectivity index (χ0) is 8.69. The molecule has 0 aliphatic heterocycles. The van der Waals surface area contributed by atoms with Gasteiger partial charge in [-0.3, -0.25) is 0 Å². The molecule has 0 aliphatic rings. The van der Waals surface area contributed by atoms with E-state index in [1.807, 2.05) is 11.8 Å². The molecule has 0 heterocycles. The first kappa shape index (κ1) is 11.3. The van der Waals surface area contributed by atoms with Crippen LogP contribution in [0.5, 0.6) is 0 Å². The normalized spacial score (nSPS) is 13.9. The fourth-order valence-corrected chi connectivity index (χ4v) is 1.56. The van der Waals surface area contributed by atoms with E-state index in [4.69, 9.17) is 5.73 Å². The first-order valence-corrected chi connectivity index (χ1v) is 5.67. The minimum absolute atomic E-state index is 0.410. The van der Waals surface area contributed by atoms with E-state index in [0.29, 0.717) is 12.0 Å². The maximum atomic E-state index is 5.89. The fraction of sp³-hybridized carbons (Fsp3) is 1.00. The van der Waals surface area contributed by atoms with E-state index in [1.54, 1.807) is 0 Å². The van der Waals surface area contributed by atoms with Crippen LogP contribution >= 0.6 is 11.8 Å². The number of hydrogen-bond donors (Lipinski definition) is 1. The summed E-state index contributed by atoms with van der Waals surface area (Å²) in [5, 5.41) is 0. The maximum absolute atomic E-state index is 5.89. The van der Waals surface area contributed by atoms with E-state index >= 15 is 0 Å². The van der Waals surface area contributed by atoms with Gasteiger partial charge in [0, 0.05) is 6.04 Å². The van der Waals surface area contributed by atoms with Gasteiger partial charge in [-0.25, -0.2) is 0 Å². The SMILES string of the molecule is CCSCCCC(N)C(C)C. The third kappa shape index (κ3) is 6.70. The second-order valence-corrected chi connectivity index (χ2v) is 4.64. The summed E-state index contributed by atoms with van der Waals surface area (Å²) in [6.07, 6.45) is 2.46. The first-order valence-electron chi connectivity index (χ1n) is 4.51. The minimum Gasteiger partial charge on any atom is -0.327 e. The Kier molecular flexibility index (Phi) is 7.18. The summed E-state index contributed by atoms with van der Waals surface area (Å²) in [7, 11) is 0. The molecule has 0 rings (SSSR count). The van der Waals surface area contributed by atoms with Crippen LogP contribution in [0.1, 0.15) is 33.6 Å². The summed E-state index contributed by atoms with van der Waals surface area (Å²) in [5.74, 6) is 3.15. The predicted octanol–water partition coefficient (Wildman–Crippen LogP) is 2.50. The summed E-state index contributed by atoms with van der Waals surface area (Å²) in [6.45, 7) is 6.59. The van der Waals surface area contributed by atoms with Crippen molar-refractivity contribution in [3.8, 4) is 0 Å². The van der Waals surface area contributed by atoms with Crippen LogP contribution in [-0.2, 0) is 0 Å². The molecular formula is C9H21NS. The highest BCUT2D eigenvalue weighted by atomic mass is 32.2. The molecule has 2 N–H and O–H groups in total. The van der Waals surface area contributed by atoms with Crippen LogP contribution in [-0.4, -0.2) is 17.5 Å². The molecule has 0 fully saturated rings. The van der Waals surface area contributed by atoms with Gasteiger partial charge >= 0.3 is 0 Å². The molecule has 0 amide bonds. The van der Waals surface area contributed by atoms with Gasteiger partial charge in [0.15, 0.2) is 0 Å². The molecule has 0 aromatic heterocycles. The van der Waals surface area contributed by atoms with E-state index in [9.17, 15) is 0 Å². The smallest absolute Gasteiger partial charge is 0.00621 e. The molecular weight excluding hydrogens is 154 g/mol. The van der Waals surface area contributed by atoms with Crippen molar-refractivity contribution < 1.29 is 0 Å². The molecule has 0 aromatic rings. The van der Waals surface area contributed by atoms with E-state index in [2.05, 4.69) is 20.8 Å². The van der Waals surface area contributed by atoms with Gasteiger partial charge in [-0.15, -0.1) is 0 Å². The van der Waals surface area contributed by atoms with Crippen molar-refractivity contribution in [1.29, 1.82) is 0 Å². The summed E-state index contributed by atoms with van der Waals surface area (Å²) in [5.41, 5.74) is 5.89. The Morgan fingerprint density at radius 3 is 2.45 bits per heavy atom. The molecule has 11 heavy (non-hydrogen) atoms. The molecule has 0 radical (unpaired) electrons. The standard InChI is InChI=1S/C9H21NS/c1-4-11-7-5-6-9(10)8(2)3/h8-9H,4-7,10H2,1-3H3. The van der Waals surface area contributed by atoms with Gasteiger partial charge < -0.3 is 5.73 Å². The average Bonchev–Trinajstić information content (AvgIpc) is 1.97. The van der Waals surface area contributed by atoms with Crippen molar-refractivity contribution >= 4 is 11.8 Å². The third-order valence-corrected chi connectivity index (χ3v) is 2.87. The van der Waals surface area contributed by atoms with Crippen molar-refractivity contribution in [2.45, 2.75) is 39.7 Å². The molecule has 1 atom stereocenters. The summed E-state index contributed by atoms with van der Waals surface area (Å²) >= 11 is 2.01. The molecule has 68 valence electrons. The summed E-state index contributed by atoms with van der Waals surface area (Å²) < 4.78 is 0. The molecule has 0 saturated carbocycles. The van der Waals surface area contributed by atoms with Crippen LogP contribution in [0.4, 0.5) is 0 Å². The van der Waals surface area contributed by atoms with Crippen LogP contribution in [0.15, 0.2) is 0 Å². The highest BCUT2D eigenvalue weighted by molar-refractivity contribution is 7.99. The monoisotopic (exact) mass is 175 g/mol. The largest absolute Gasteiger partial charge is 0.327 e. The van der Waals surface area contributed by atoms with Crippen LogP contribution in [0.2, 0.25) is 0 Å². The third-order valence-electron chi connectivity index (χ3n) is 1.89. The van der Waals surface area contributed by atoms with Gasteiger partial charge in [-0.1, -0.05) is 20.8 Å². The number of nitrogens with two attached hydrogens (primary N) is 1. The van der Waals surface area contributed by atoms with Crippen molar-refractivity contribution in [3.05, 3.63) is 0 Å². The van der Waals surface area contributed by atoms with Gasteiger partial charge in [0.2, 0.25) is 0 Å². The molecule has 0 aliphatic carbocycles. The molecule has 0 aromatic carbocycles. The molecule has 1 nitrogen and oxygen atoms in total. The topological polar surface area (TPSA) is 26.0 Å². The Morgan fingerprint density at radius 2 is 2.00 bits per heavy atom. The number of rotatable bonds is 6. The van der Waals surface area contributed by atoms with Crippen molar-refractivity contribution in [2.75, 3.05) is 11.5 Å². The Hall–Kier alpha value is 0.310. The lowest BCUT2D eigenvalue weighted by molar-refractivity contribution is 0.461. The Balaban J connectivity index is 3.10. The van der Waals surface area contributed by atoms with Crippen molar-refractivity contribution in [2.24, 2.45) is 11.7 Å². The second-order valence-electron chi connectivity index (χ2n) is 3.25. The van der Waals surface area contributed by atoms with Crippen LogP contribution < -0.4 is 5.73 Å². The first-order chi connectivity index (χ1) is 5.18. The maximum Gasteiger partial charge on any atom is 0.00621 e. The van der Waals surface area contributed by atoms with Crippen molar-refractivity contribution in [1.82, 2.24) is 0 Å². The lowest BCUT2D eigenvalue weighted by Gasteiger charge is -2.14. The number of hydrogen-bond acceptors (Lipinski definition) is 2. The van der Waals surface area contributed by atoms with Gasteiger partial charge in [0.05, 0.1) is 0 Å². The molecule has 0 spiro atoms. The van der Waals surface area contributed by atoms with Crippen LogP contribution in [0, 0.1) is 5.92 Å². The quantitative estimate of drug-likeness (QED) is 0.628. The van der Waals surface area contributed by atoms with Gasteiger partial charge in [-0.2, -0.15) is 11.8 Å². The molecule has 2 heteroatoms. The lowest BCUT2D eigenvalue weighted by atomic mass is 10.0. The highest BCUT2D eigenvalue weighted by Gasteiger charge is 2.05. The second kappa shape index (κ2) is 6.99. The molecule has 0 saturated heterocycles. The van der Waals surface area contributed by atoms with Gasteiger partial charge in [-0.05, 0) is 30.3 Å². The highest BCUT2D eigenvalue weighted by Crippen LogP contribution is 2.09. The minimum atomic E-state index is 0.410. The van der Waals surface area contributed by atoms with Crippen molar-refractivity contribution in [3.63, 3.8) is 0 Å². The van der Waals surface area contributed by atoms with Gasteiger partial charge in [0.25, 0.3) is 0 Å².